The smallest absolute Gasteiger partial charge is 0.315 e. The third-order valence-electron chi connectivity index (χ3n) is 16.3. The second kappa shape index (κ2) is 22.8. The molecule has 2 aromatic rings. The highest BCUT2D eigenvalue weighted by Gasteiger charge is 2.50. The van der Waals surface area contributed by atoms with Crippen LogP contribution in [0.4, 0.5) is 5.69 Å². The number of allylic oxidation sites excluding steroid dienone is 3. The number of anilines is 1. The molecule has 74 heavy (non-hydrogen) atoms. The monoisotopic (exact) mass is 1030 g/mol. The van der Waals surface area contributed by atoms with Crippen LogP contribution < -0.4 is 20.8 Å². The number of fused-ring (bicyclic) bond motifs is 13. The summed E-state index contributed by atoms with van der Waals surface area (Å²) in [6.07, 6.45) is 9.66. The van der Waals surface area contributed by atoms with Gasteiger partial charge >= 0.3 is 11.8 Å². The van der Waals surface area contributed by atoms with Gasteiger partial charge in [-0.3, -0.25) is 29.1 Å². The van der Waals surface area contributed by atoms with Crippen LogP contribution in [0.15, 0.2) is 46.1 Å². The quantitative estimate of drug-likeness (QED) is 0.135. The lowest BCUT2D eigenvalue weighted by atomic mass is 9.81. The van der Waals surface area contributed by atoms with Gasteiger partial charge in [0.2, 0.25) is 5.91 Å². The van der Waals surface area contributed by atoms with Crippen molar-refractivity contribution >= 4 is 40.0 Å². The molecule has 5 bridgehead atoms. The van der Waals surface area contributed by atoms with E-state index in [4.69, 9.17) is 19.2 Å². The number of aromatic hydroxyl groups is 2. The maximum absolute atomic E-state index is 14.8. The number of phenolic OH excluding ortho intramolecular Hbond substituents is 2. The van der Waals surface area contributed by atoms with Gasteiger partial charge < -0.3 is 54.7 Å². The second-order valence-corrected chi connectivity index (χ2v) is 22.3. The number of piperazine rings is 1. The van der Waals surface area contributed by atoms with E-state index < -0.39 is 77.3 Å². The van der Waals surface area contributed by atoms with Crippen molar-refractivity contribution in [1.29, 1.82) is 0 Å². The van der Waals surface area contributed by atoms with Gasteiger partial charge in [-0.2, -0.15) is 0 Å². The third-order valence-corrected chi connectivity index (χ3v) is 16.3. The van der Waals surface area contributed by atoms with E-state index in [9.17, 15) is 39.6 Å². The highest BCUT2D eigenvalue weighted by Crippen LogP contribution is 2.51. The minimum atomic E-state index is -1.93. The van der Waals surface area contributed by atoms with Crippen LogP contribution >= 0.6 is 0 Å². The summed E-state index contributed by atoms with van der Waals surface area (Å²) in [5, 5.41) is 51.1. The average molecular weight is 1030 g/mol. The number of phenols is 2. The van der Waals surface area contributed by atoms with Gasteiger partial charge in [-0.15, -0.1) is 0 Å². The van der Waals surface area contributed by atoms with Crippen molar-refractivity contribution in [3.05, 3.63) is 58.0 Å². The van der Waals surface area contributed by atoms with E-state index in [2.05, 4.69) is 38.9 Å². The number of hydrogen-bond donors (Lipinski definition) is 5. The Morgan fingerprint density at radius 3 is 2.22 bits per heavy atom. The number of amides is 2. The van der Waals surface area contributed by atoms with Crippen molar-refractivity contribution in [3.8, 4) is 17.2 Å². The van der Waals surface area contributed by atoms with E-state index in [1.54, 1.807) is 63.8 Å². The molecular weight excluding hydrogens is 947 g/mol. The van der Waals surface area contributed by atoms with E-state index in [-0.39, 0.29) is 68.4 Å². The number of hydrogen-bond acceptors (Lipinski definition) is 16. The first-order chi connectivity index (χ1) is 35.2. The molecule has 404 valence electrons. The Morgan fingerprint density at radius 2 is 1.54 bits per heavy atom. The molecule has 7 aliphatic rings. The standard InChI is InChI=1S/C56H79N7O11/c1-33(2)32-62-22-18-56(19-23-62)58-45-42-43-50(68)38(7)52-44(42)53(70)55(8,74-52)72-30-13-10-17-39(73-41(65)31-40(64)63-28-26-61(27-29-63)25-24-60-20-11-9-12-21-60)36(5)49(67)37(6)48(66)34(3)15-14-16-35(4)54(71)57-47(51(43)69)46(45)59-56/h13-16,30,33-34,36-37,39,48-49,58,66-69H,9-12,17-29,31-32H2,1-8H3/b15-14+,30-13+,35-16-,57-47?/t34?,36-,37+,39+,48-,49?,55-/m0/s1. The molecule has 2 amide bonds. The third kappa shape index (κ3) is 11.5. The van der Waals surface area contributed by atoms with Gasteiger partial charge in [0.15, 0.2) is 5.75 Å². The molecule has 9 rings (SSSR count). The molecule has 7 atom stereocenters. The van der Waals surface area contributed by atoms with Gasteiger partial charge in [0.1, 0.15) is 40.4 Å². The Balaban J connectivity index is 1.07. The number of nitrogens with one attached hydrogen (secondary N) is 1. The highest BCUT2D eigenvalue weighted by molar-refractivity contribution is 6.21. The predicted octanol–water partition coefficient (Wildman–Crippen LogP) is 4.88. The number of likely N-dealkylation sites (tertiary alicyclic amines) is 2. The Kier molecular flexibility index (Phi) is 16.9. The number of ketones is 1. The summed E-state index contributed by atoms with van der Waals surface area (Å²) in [6.45, 7) is 23.2. The molecular formula is C56H79N7O11. The van der Waals surface area contributed by atoms with Crippen LogP contribution in [0, 0.1) is 30.6 Å². The highest BCUT2D eigenvalue weighted by atomic mass is 16.7. The van der Waals surface area contributed by atoms with Crippen molar-refractivity contribution in [2.24, 2.45) is 33.7 Å². The summed E-state index contributed by atoms with van der Waals surface area (Å²) in [7, 11) is 0. The number of carbonyl (C=O) groups excluding carboxylic acids is 4. The molecule has 18 heteroatoms. The van der Waals surface area contributed by atoms with Gasteiger partial charge in [0.25, 0.3) is 11.7 Å². The van der Waals surface area contributed by atoms with Crippen molar-refractivity contribution in [2.45, 2.75) is 137 Å². The Hall–Kier alpha value is -5.40. The lowest BCUT2D eigenvalue weighted by Gasteiger charge is -2.38. The molecule has 5 N–H and O–H groups in total. The molecule has 7 aliphatic heterocycles. The SMILES string of the molecule is C/C1=C/C=C/C(C)[C@H](O)[C@@H](C)C(O)[C@@H](C)[C@H](OC(=O)CC(=O)N2CCN(CCN3CCCCC3)CC2)CC/C=C/O[C@@]2(C)Oc3c(C)c(O)c4c(O)c(c5c(c4c3C2=O)NC2(CCN(CC(C)C)CC2)N=5)=NC1=O. The molecule has 7 heterocycles. The lowest BCUT2D eigenvalue weighted by molar-refractivity contribution is -0.159. The normalized spacial score (nSPS) is 30.0. The molecule has 0 saturated carbocycles. The molecule has 3 fully saturated rings. The van der Waals surface area contributed by atoms with Crippen molar-refractivity contribution in [1.82, 2.24) is 19.6 Å². The number of esters is 1. The fourth-order valence-electron chi connectivity index (χ4n) is 11.5. The zero-order chi connectivity index (χ0) is 53.2. The summed E-state index contributed by atoms with van der Waals surface area (Å²) in [6, 6.07) is 0. The number of aliphatic hydroxyl groups is 2. The topological polar surface area (TPSA) is 227 Å². The summed E-state index contributed by atoms with van der Waals surface area (Å²) in [5.74, 6) is -6.52. The van der Waals surface area contributed by atoms with Crippen LogP contribution in [0.1, 0.15) is 116 Å². The first-order valence-corrected chi connectivity index (χ1v) is 27.0. The summed E-state index contributed by atoms with van der Waals surface area (Å²) in [4.78, 5) is 74.4. The zero-order valence-electron chi connectivity index (χ0n) is 44.7. The predicted molar refractivity (Wildman–Crippen MR) is 279 cm³/mol. The van der Waals surface area contributed by atoms with Gasteiger partial charge in [-0.1, -0.05) is 59.3 Å². The van der Waals surface area contributed by atoms with Gasteiger partial charge in [0.05, 0.1) is 35.1 Å². The number of piperidine rings is 2. The zero-order valence-corrected chi connectivity index (χ0v) is 44.7. The molecule has 3 saturated heterocycles. The van der Waals surface area contributed by atoms with Crippen LogP contribution in [-0.4, -0.2) is 165 Å². The van der Waals surface area contributed by atoms with Crippen LogP contribution in [0.2, 0.25) is 0 Å². The van der Waals surface area contributed by atoms with E-state index in [1.165, 1.54) is 32.4 Å². The number of nitrogens with zero attached hydrogens (tertiary/aromatic N) is 6. The van der Waals surface area contributed by atoms with Crippen LogP contribution in [0.5, 0.6) is 17.2 Å². The van der Waals surface area contributed by atoms with E-state index >= 15 is 0 Å². The number of carbonyl (C=O) groups is 4. The van der Waals surface area contributed by atoms with E-state index in [0.29, 0.717) is 37.5 Å². The Morgan fingerprint density at radius 1 is 0.865 bits per heavy atom. The van der Waals surface area contributed by atoms with Gasteiger partial charge in [0, 0.05) is 113 Å². The van der Waals surface area contributed by atoms with Gasteiger partial charge in [-0.05, 0) is 64.6 Å². The van der Waals surface area contributed by atoms with Crippen LogP contribution in [-0.2, 0) is 23.9 Å². The van der Waals surface area contributed by atoms with Crippen molar-refractivity contribution < 1.29 is 53.8 Å². The summed E-state index contributed by atoms with van der Waals surface area (Å²) < 4.78 is 18.5. The van der Waals surface area contributed by atoms with Gasteiger partial charge in [-0.25, -0.2) is 4.99 Å². The first kappa shape index (κ1) is 54.8. The maximum atomic E-state index is 14.8. The molecule has 18 nitrogen and oxygen atoms in total. The maximum Gasteiger partial charge on any atom is 0.315 e. The molecule has 0 radical (unpaired) electrons. The first-order valence-electron chi connectivity index (χ1n) is 27.0. The lowest BCUT2D eigenvalue weighted by Crippen LogP contribution is -2.51. The Labute approximate surface area is 434 Å². The average Bonchev–Trinajstić information content (AvgIpc) is 3.88. The number of Topliss-reactive ketones (excluding diaryl/α,β-unsaturated/α-hetero) is 1. The van der Waals surface area contributed by atoms with E-state index in [1.807, 2.05) is 0 Å². The number of benzene rings is 2. The second-order valence-electron chi connectivity index (χ2n) is 22.3. The Bertz CT molecular complexity index is 2680. The minimum absolute atomic E-state index is 0.0628. The summed E-state index contributed by atoms with van der Waals surface area (Å²) in [5.41, 5.74) is -0.106. The van der Waals surface area contributed by atoms with Crippen molar-refractivity contribution in [3.63, 3.8) is 0 Å². The molecule has 2 aromatic carbocycles. The van der Waals surface area contributed by atoms with Crippen LogP contribution in [0.3, 0.4) is 0 Å². The largest absolute Gasteiger partial charge is 0.507 e. The molecule has 0 aromatic heterocycles. The minimum Gasteiger partial charge on any atom is -0.507 e. The van der Waals surface area contributed by atoms with E-state index in [0.717, 1.165) is 58.9 Å². The fourth-order valence-corrected chi connectivity index (χ4v) is 11.5. The molecule has 2 unspecified atom stereocenters. The molecule has 1 spiro atoms. The van der Waals surface area contributed by atoms with Crippen molar-refractivity contribution in [2.75, 3.05) is 77.3 Å². The fraction of sp³-hybridized carbons (Fsp3) is 0.643. The number of rotatable bonds is 8. The summed E-state index contributed by atoms with van der Waals surface area (Å²) >= 11 is 0. The molecule has 0 aliphatic carbocycles. The van der Waals surface area contributed by atoms with Crippen LogP contribution in [0.25, 0.3) is 10.8 Å². The number of aliphatic hydroxyl groups excluding tert-OH is 2. The number of ether oxygens (including phenoxy) is 3.